The van der Waals surface area contributed by atoms with Crippen molar-refractivity contribution >= 4 is 21.4 Å². The van der Waals surface area contributed by atoms with Crippen LogP contribution >= 0.6 is 11.3 Å². The van der Waals surface area contributed by atoms with E-state index >= 15 is 0 Å². The van der Waals surface area contributed by atoms with E-state index < -0.39 is 0 Å². The molecule has 3 unspecified atom stereocenters. The lowest BCUT2D eigenvalue weighted by molar-refractivity contribution is 0.365. The molecule has 0 aliphatic heterocycles. The number of thiophene rings is 1. The topological polar surface area (TPSA) is 12.0 Å². The maximum atomic E-state index is 3.46. The number of hydrogen-bond donors (Lipinski definition) is 1. The fourth-order valence-corrected chi connectivity index (χ4v) is 4.39. The molecule has 96 valence electrons. The van der Waals surface area contributed by atoms with Crippen molar-refractivity contribution in [3.05, 3.63) is 35.2 Å². The minimum absolute atomic E-state index is 0.722. The molecule has 1 aliphatic carbocycles. The van der Waals surface area contributed by atoms with Gasteiger partial charge in [-0.1, -0.05) is 25.1 Å². The van der Waals surface area contributed by atoms with Gasteiger partial charge in [-0.3, -0.25) is 0 Å². The highest BCUT2D eigenvalue weighted by Gasteiger charge is 2.31. The second-order valence-electron chi connectivity index (χ2n) is 5.55. The van der Waals surface area contributed by atoms with Gasteiger partial charge in [-0.2, -0.15) is 0 Å². The average molecular weight is 259 g/mol. The van der Waals surface area contributed by atoms with Gasteiger partial charge in [0.1, 0.15) is 0 Å². The zero-order valence-electron chi connectivity index (χ0n) is 11.1. The lowest BCUT2D eigenvalue weighted by Crippen LogP contribution is -2.29. The van der Waals surface area contributed by atoms with Crippen LogP contribution in [0.15, 0.2) is 29.6 Å². The minimum atomic E-state index is 0.722. The van der Waals surface area contributed by atoms with Crippen molar-refractivity contribution in [2.75, 3.05) is 7.05 Å². The van der Waals surface area contributed by atoms with Gasteiger partial charge in [0.05, 0.1) is 0 Å². The Kier molecular flexibility index (Phi) is 3.40. The van der Waals surface area contributed by atoms with Gasteiger partial charge in [-0.05, 0) is 60.5 Å². The van der Waals surface area contributed by atoms with E-state index in [-0.39, 0.29) is 0 Å². The van der Waals surface area contributed by atoms with E-state index in [1.807, 2.05) is 11.3 Å². The van der Waals surface area contributed by atoms with Crippen LogP contribution in [-0.4, -0.2) is 13.1 Å². The lowest BCUT2D eigenvalue weighted by Gasteiger charge is -2.20. The molecule has 1 fully saturated rings. The summed E-state index contributed by atoms with van der Waals surface area (Å²) in [7, 11) is 2.10. The van der Waals surface area contributed by atoms with E-state index in [2.05, 4.69) is 48.9 Å². The van der Waals surface area contributed by atoms with Crippen molar-refractivity contribution in [3.8, 4) is 0 Å². The van der Waals surface area contributed by atoms with Crippen molar-refractivity contribution in [2.45, 2.75) is 32.2 Å². The van der Waals surface area contributed by atoms with Gasteiger partial charge in [-0.25, -0.2) is 0 Å². The quantitative estimate of drug-likeness (QED) is 0.876. The Bertz CT molecular complexity index is 531. The first-order chi connectivity index (χ1) is 8.79. The van der Waals surface area contributed by atoms with E-state index in [9.17, 15) is 0 Å². The largest absolute Gasteiger partial charge is 0.317 e. The third-order valence-electron chi connectivity index (χ3n) is 4.64. The van der Waals surface area contributed by atoms with Gasteiger partial charge in [-0.15, -0.1) is 11.3 Å². The van der Waals surface area contributed by atoms with E-state index in [1.54, 1.807) is 5.56 Å². The number of rotatable bonds is 3. The van der Waals surface area contributed by atoms with E-state index in [1.165, 1.54) is 29.3 Å². The Morgan fingerprint density at radius 2 is 2.11 bits per heavy atom. The highest BCUT2D eigenvalue weighted by molar-refractivity contribution is 7.17. The molecule has 3 rings (SSSR count). The highest BCUT2D eigenvalue weighted by atomic mass is 32.1. The fourth-order valence-electron chi connectivity index (χ4n) is 3.42. The van der Waals surface area contributed by atoms with Gasteiger partial charge >= 0.3 is 0 Å². The predicted molar refractivity (Wildman–Crippen MR) is 80.3 cm³/mol. The van der Waals surface area contributed by atoms with Crippen molar-refractivity contribution < 1.29 is 0 Å². The van der Waals surface area contributed by atoms with Gasteiger partial charge in [0, 0.05) is 10.7 Å². The molecular weight excluding hydrogens is 238 g/mol. The van der Waals surface area contributed by atoms with Crippen LogP contribution < -0.4 is 5.32 Å². The number of benzene rings is 1. The van der Waals surface area contributed by atoms with Crippen molar-refractivity contribution in [1.82, 2.24) is 5.32 Å². The van der Waals surface area contributed by atoms with Crippen LogP contribution in [0, 0.1) is 11.8 Å². The predicted octanol–water partition coefficient (Wildman–Crippen LogP) is 4.08. The maximum Gasteiger partial charge on any atom is 0.0345 e. The molecule has 1 aromatic carbocycles. The van der Waals surface area contributed by atoms with Crippen LogP contribution in [0.25, 0.3) is 10.1 Å². The van der Waals surface area contributed by atoms with E-state index in [0.29, 0.717) is 0 Å². The summed E-state index contributed by atoms with van der Waals surface area (Å²) >= 11 is 1.89. The molecule has 0 saturated heterocycles. The number of hydrogen-bond acceptors (Lipinski definition) is 2. The van der Waals surface area contributed by atoms with Crippen molar-refractivity contribution in [3.63, 3.8) is 0 Å². The Morgan fingerprint density at radius 3 is 2.89 bits per heavy atom. The summed E-state index contributed by atoms with van der Waals surface area (Å²) in [5.74, 6) is 1.65. The molecule has 0 amide bonds. The average Bonchev–Trinajstić information content (AvgIpc) is 2.96. The molecular formula is C16H21NS. The van der Waals surface area contributed by atoms with Gasteiger partial charge < -0.3 is 5.32 Å². The molecule has 0 bridgehead atoms. The molecule has 1 N–H and O–H groups in total. The molecule has 2 aromatic rings. The molecule has 0 radical (unpaired) electrons. The van der Waals surface area contributed by atoms with Gasteiger partial charge in [0.25, 0.3) is 0 Å². The normalized spacial score (nSPS) is 28.0. The van der Waals surface area contributed by atoms with Crippen molar-refractivity contribution in [2.24, 2.45) is 11.8 Å². The zero-order valence-corrected chi connectivity index (χ0v) is 12.0. The second-order valence-corrected chi connectivity index (χ2v) is 6.46. The van der Waals surface area contributed by atoms with Gasteiger partial charge in [0.15, 0.2) is 0 Å². The smallest absolute Gasteiger partial charge is 0.0345 e. The molecule has 0 spiro atoms. The molecule has 1 aromatic heterocycles. The Labute approximate surface area is 113 Å². The van der Waals surface area contributed by atoms with Crippen LogP contribution in [0.4, 0.5) is 0 Å². The lowest BCUT2D eigenvalue weighted by atomic mass is 9.89. The minimum Gasteiger partial charge on any atom is -0.317 e. The van der Waals surface area contributed by atoms with E-state index in [4.69, 9.17) is 0 Å². The van der Waals surface area contributed by atoms with Crippen LogP contribution in [0.2, 0.25) is 0 Å². The molecule has 1 aliphatic rings. The zero-order chi connectivity index (χ0) is 12.5. The Morgan fingerprint density at radius 1 is 1.28 bits per heavy atom. The summed E-state index contributed by atoms with van der Waals surface area (Å²) in [5, 5.41) is 7.30. The summed E-state index contributed by atoms with van der Waals surface area (Å²) in [5.41, 5.74) is 1.56. The van der Waals surface area contributed by atoms with Crippen LogP contribution in [0.1, 0.15) is 25.3 Å². The van der Waals surface area contributed by atoms with Crippen LogP contribution in [0.3, 0.4) is 0 Å². The van der Waals surface area contributed by atoms with Gasteiger partial charge in [0.2, 0.25) is 0 Å². The highest BCUT2D eigenvalue weighted by Crippen LogP contribution is 2.36. The standard InChI is InChI=1S/C16H21NS/c1-11-12(7-8-15(11)17-2)9-13-10-18-16-6-4-3-5-14(13)16/h3-6,10-12,15,17H,7-9H2,1-2H3. The molecule has 3 atom stereocenters. The molecule has 1 nitrogen and oxygen atoms in total. The Hall–Kier alpha value is -0.860. The van der Waals surface area contributed by atoms with Crippen LogP contribution in [0.5, 0.6) is 0 Å². The number of fused-ring (bicyclic) bond motifs is 1. The number of nitrogens with one attached hydrogen (secondary N) is 1. The van der Waals surface area contributed by atoms with Crippen LogP contribution in [-0.2, 0) is 6.42 Å². The second kappa shape index (κ2) is 5.02. The first-order valence-electron chi connectivity index (χ1n) is 6.92. The Balaban J connectivity index is 1.81. The first-order valence-corrected chi connectivity index (χ1v) is 7.80. The first kappa shape index (κ1) is 12.2. The SMILES string of the molecule is CNC1CCC(Cc2csc3ccccc23)C1C. The van der Waals surface area contributed by atoms with E-state index in [0.717, 1.165) is 17.9 Å². The summed E-state index contributed by atoms with van der Waals surface area (Å²) in [6.07, 6.45) is 3.96. The summed E-state index contributed by atoms with van der Waals surface area (Å²) < 4.78 is 1.43. The molecule has 18 heavy (non-hydrogen) atoms. The molecule has 1 saturated carbocycles. The molecule has 1 heterocycles. The summed E-state index contributed by atoms with van der Waals surface area (Å²) in [6.45, 7) is 2.41. The fraction of sp³-hybridized carbons (Fsp3) is 0.500. The molecule has 2 heteroatoms. The van der Waals surface area contributed by atoms with Crippen molar-refractivity contribution in [1.29, 1.82) is 0 Å². The summed E-state index contributed by atoms with van der Waals surface area (Å²) in [6, 6.07) is 9.53. The third kappa shape index (κ3) is 2.08. The summed E-state index contributed by atoms with van der Waals surface area (Å²) in [4.78, 5) is 0. The maximum absolute atomic E-state index is 3.46. The monoisotopic (exact) mass is 259 g/mol. The third-order valence-corrected chi connectivity index (χ3v) is 5.65.